The number of halogens is 1. The van der Waals surface area contributed by atoms with Crippen LogP contribution < -0.4 is 4.90 Å². The van der Waals surface area contributed by atoms with Crippen molar-refractivity contribution in [1.82, 2.24) is 4.90 Å². The maximum Gasteiger partial charge on any atom is 0.254 e. The van der Waals surface area contributed by atoms with Crippen LogP contribution in [0.1, 0.15) is 48.2 Å². The molecule has 0 saturated heterocycles. The monoisotopic (exact) mass is 445 g/mol. The summed E-state index contributed by atoms with van der Waals surface area (Å²) in [5.41, 5.74) is 3.89. The summed E-state index contributed by atoms with van der Waals surface area (Å²) < 4.78 is 14.2. The molecule has 33 heavy (non-hydrogen) atoms. The molecule has 2 aliphatic rings. The van der Waals surface area contributed by atoms with Crippen molar-refractivity contribution < 1.29 is 14.0 Å². The molecule has 1 fully saturated rings. The Morgan fingerprint density at radius 1 is 1.21 bits per heavy atom. The Kier molecular flexibility index (Phi) is 6.02. The summed E-state index contributed by atoms with van der Waals surface area (Å²) in [5.74, 6) is 0.191. The van der Waals surface area contributed by atoms with Crippen molar-refractivity contribution in [2.45, 2.75) is 32.1 Å². The molecule has 0 radical (unpaired) electrons. The first-order valence-corrected chi connectivity index (χ1v) is 11.0. The number of fused-ring (bicyclic) bond motifs is 2. The van der Waals surface area contributed by atoms with Crippen LogP contribution in [0.25, 0.3) is 5.57 Å². The summed E-state index contributed by atoms with van der Waals surface area (Å²) in [6.45, 7) is 8.07. The van der Waals surface area contributed by atoms with Crippen molar-refractivity contribution in [3.05, 3.63) is 83.8 Å². The van der Waals surface area contributed by atoms with Crippen molar-refractivity contribution in [3.63, 3.8) is 0 Å². The number of benzene rings is 2. The standard InChI is InChI=1S/C27H28FN3O2/c1-5-20(22-8-6-7-9-24(22)28)15-29-19(3)31-17-27(12-13-27)23-11-10-21(14-25(23)31)26(33)30(4)16-18(2)32/h5-11,14-15H,1,12-13,16-17H2,2-4H3/b20-15+,29-19?. The number of allylic oxidation sites excluding steroid dienone is 2. The van der Waals surface area contributed by atoms with Gasteiger partial charge in [-0.25, -0.2) is 9.38 Å². The third-order valence-electron chi connectivity index (χ3n) is 6.41. The zero-order valence-electron chi connectivity index (χ0n) is 19.3. The van der Waals surface area contributed by atoms with E-state index in [1.165, 1.54) is 23.5 Å². The number of nitrogens with zero attached hydrogens (tertiary/aromatic N) is 3. The number of amides is 1. The summed E-state index contributed by atoms with van der Waals surface area (Å²) in [5, 5.41) is 0. The molecular weight excluding hydrogens is 417 g/mol. The highest BCUT2D eigenvalue weighted by Gasteiger charge is 2.52. The van der Waals surface area contributed by atoms with Crippen LogP contribution in [0.15, 0.2) is 66.3 Å². The number of likely N-dealkylation sites (N-methyl/N-ethyl adjacent to an activating group) is 1. The smallest absolute Gasteiger partial charge is 0.254 e. The van der Waals surface area contributed by atoms with Crippen LogP contribution in [0.4, 0.5) is 10.1 Å². The Morgan fingerprint density at radius 3 is 2.58 bits per heavy atom. The Bertz CT molecular complexity index is 1190. The molecule has 1 amide bonds. The van der Waals surface area contributed by atoms with Crippen molar-refractivity contribution in [3.8, 4) is 0 Å². The van der Waals surface area contributed by atoms with Crippen LogP contribution in [-0.2, 0) is 10.2 Å². The lowest BCUT2D eigenvalue weighted by atomic mass is 9.97. The second kappa shape index (κ2) is 8.77. The molecule has 4 rings (SSSR count). The van der Waals surface area contributed by atoms with E-state index in [-0.39, 0.29) is 29.5 Å². The van der Waals surface area contributed by atoms with Crippen LogP contribution in [0.2, 0.25) is 0 Å². The number of hydrogen-bond acceptors (Lipinski definition) is 3. The molecule has 2 aromatic carbocycles. The minimum atomic E-state index is -0.321. The van der Waals surface area contributed by atoms with E-state index in [9.17, 15) is 14.0 Å². The Hall–Kier alpha value is -3.54. The van der Waals surface area contributed by atoms with Gasteiger partial charge < -0.3 is 9.80 Å². The van der Waals surface area contributed by atoms with Gasteiger partial charge in [-0.3, -0.25) is 9.59 Å². The van der Waals surface area contributed by atoms with E-state index >= 15 is 0 Å². The molecule has 1 heterocycles. The Labute approximate surface area is 193 Å². The van der Waals surface area contributed by atoms with Gasteiger partial charge in [-0.15, -0.1) is 0 Å². The second-order valence-electron chi connectivity index (χ2n) is 8.91. The first-order chi connectivity index (χ1) is 15.8. The molecule has 170 valence electrons. The highest BCUT2D eigenvalue weighted by Crippen LogP contribution is 2.56. The van der Waals surface area contributed by atoms with E-state index in [1.54, 1.807) is 37.5 Å². The fraction of sp³-hybridized carbons (Fsp3) is 0.296. The summed E-state index contributed by atoms with van der Waals surface area (Å²) >= 11 is 0. The van der Waals surface area contributed by atoms with E-state index in [2.05, 4.69) is 16.5 Å². The van der Waals surface area contributed by atoms with Crippen LogP contribution in [0.5, 0.6) is 0 Å². The van der Waals surface area contributed by atoms with Crippen LogP contribution in [-0.4, -0.2) is 42.6 Å². The number of aliphatic imine (C=N–C) groups is 1. The van der Waals surface area contributed by atoms with Crippen LogP contribution in [0.3, 0.4) is 0 Å². The molecule has 0 atom stereocenters. The summed E-state index contributed by atoms with van der Waals surface area (Å²) in [7, 11) is 1.63. The minimum Gasteiger partial charge on any atom is -0.334 e. The fourth-order valence-corrected chi connectivity index (χ4v) is 4.46. The number of carbonyl (C=O) groups excluding carboxylic acids is 2. The van der Waals surface area contributed by atoms with Crippen LogP contribution >= 0.6 is 0 Å². The molecule has 0 N–H and O–H groups in total. The molecule has 2 aromatic rings. The number of Topliss-reactive ketones (excluding diaryl/α,β-unsaturated/α-hetero) is 1. The predicted octanol–water partition coefficient (Wildman–Crippen LogP) is 4.98. The normalized spacial score (nSPS) is 16.5. The van der Waals surface area contributed by atoms with Crippen molar-refractivity contribution in [2.75, 3.05) is 25.0 Å². The van der Waals surface area contributed by atoms with Gasteiger partial charge in [-0.05, 0) is 50.5 Å². The van der Waals surface area contributed by atoms with Gasteiger partial charge in [-0.1, -0.05) is 36.9 Å². The molecule has 6 heteroatoms. The Morgan fingerprint density at radius 2 is 1.94 bits per heavy atom. The number of amidine groups is 1. The average Bonchev–Trinajstić information content (AvgIpc) is 3.50. The minimum absolute atomic E-state index is 0.0618. The summed E-state index contributed by atoms with van der Waals surface area (Å²) in [4.78, 5) is 32.5. The molecule has 0 unspecified atom stereocenters. The molecular formula is C27H28FN3O2. The van der Waals surface area contributed by atoms with Gasteiger partial charge in [0.2, 0.25) is 0 Å². The van der Waals surface area contributed by atoms with Crippen molar-refractivity contribution in [2.24, 2.45) is 4.99 Å². The molecule has 0 aromatic heterocycles. The van der Waals surface area contributed by atoms with E-state index < -0.39 is 0 Å². The van der Waals surface area contributed by atoms with Gasteiger partial charge in [0.1, 0.15) is 17.4 Å². The summed E-state index contributed by atoms with van der Waals surface area (Å²) in [6, 6.07) is 12.3. The molecule has 0 bridgehead atoms. The number of anilines is 1. The zero-order valence-corrected chi connectivity index (χ0v) is 19.3. The number of hydrogen-bond donors (Lipinski definition) is 0. The van der Waals surface area contributed by atoms with Gasteiger partial charge in [0.25, 0.3) is 5.91 Å². The van der Waals surface area contributed by atoms with Gasteiger partial charge in [0, 0.05) is 47.6 Å². The topological polar surface area (TPSA) is 53.0 Å². The lowest BCUT2D eigenvalue weighted by Gasteiger charge is -2.20. The first kappa shape index (κ1) is 22.6. The third kappa shape index (κ3) is 4.38. The number of rotatable bonds is 6. The van der Waals surface area contributed by atoms with E-state index in [1.807, 2.05) is 25.1 Å². The highest BCUT2D eigenvalue weighted by atomic mass is 19.1. The molecule has 1 aliphatic carbocycles. The van der Waals surface area contributed by atoms with E-state index in [4.69, 9.17) is 0 Å². The first-order valence-electron chi connectivity index (χ1n) is 11.0. The average molecular weight is 446 g/mol. The molecule has 5 nitrogen and oxygen atoms in total. The largest absolute Gasteiger partial charge is 0.334 e. The summed E-state index contributed by atoms with van der Waals surface area (Å²) in [6.07, 6.45) is 5.43. The molecule has 1 saturated carbocycles. The maximum atomic E-state index is 14.2. The lowest BCUT2D eigenvalue weighted by molar-refractivity contribution is -0.117. The SMILES string of the molecule is C=C/C(=C\N=C(C)N1CC2(CC2)c2ccc(C(=O)N(C)CC(C)=O)cc21)c1ccccc1F. The van der Waals surface area contributed by atoms with E-state index in [0.717, 1.165) is 30.9 Å². The maximum absolute atomic E-state index is 14.2. The fourth-order valence-electron chi connectivity index (χ4n) is 4.46. The van der Waals surface area contributed by atoms with Gasteiger partial charge in [-0.2, -0.15) is 0 Å². The zero-order chi connectivity index (χ0) is 23.8. The number of ketones is 1. The van der Waals surface area contributed by atoms with Gasteiger partial charge >= 0.3 is 0 Å². The van der Waals surface area contributed by atoms with Crippen molar-refractivity contribution >= 4 is 28.8 Å². The Balaban J connectivity index is 1.66. The van der Waals surface area contributed by atoms with Crippen LogP contribution in [0, 0.1) is 5.82 Å². The quantitative estimate of drug-likeness (QED) is 0.358. The number of carbonyl (C=O) groups is 2. The van der Waals surface area contributed by atoms with Gasteiger partial charge in [0.05, 0.1) is 6.54 Å². The predicted molar refractivity (Wildman–Crippen MR) is 130 cm³/mol. The lowest BCUT2D eigenvalue weighted by Crippen LogP contribution is -2.31. The van der Waals surface area contributed by atoms with Crippen molar-refractivity contribution in [1.29, 1.82) is 0 Å². The third-order valence-corrected chi connectivity index (χ3v) is 6.41. The van der Waals surface area contributed by atoms with E-state index in [0.29, 0.717) is 16.7 Å². The highest BCUT2D eigenvalue weighted by molar-refractivity contribution is 6.03. The second-order valence-corrected chi connectivity index (χ2v) is 8.91. The molecule has 1 aliphatic heterocycles. The van der Waals surface area contributed by atoms with Gasteiger partial charge in [0.15, 0.2) is 0 Å². The molecule has 1 spiro atoms.